The van der Waals surface area contributed by atoms with Crippen LogP contribution in [0.5, 0.6) is 5.75 Å². The van der Waals surface area contributed by atoms with Crippen molar-refractivity contribution >= 4 is 17.2 Å². The highest BCUT2D eigenvalue weighted by Gasteiger charge is 2.14. The summed E-state index contributed by atoms with van der Waals surface area (Å²) >= 11 is 1.45. The van der Waals surface area contributed by atoms with Gasteiger partial charge in [0.15, 0.2) is 0 Å². The smallest absolute Gasteiger partial charge is 0.283 e. The highest BCUT2D eigenvalue weighted by molar-refractivity contribution is 7.13. The lowest BCUT2D eigenvalue weighted by Gasteiger charge is -2.05. The zero-order chi connectivity index (χ0) is 18.5. The second-order valence-corrected chi connectivity index (χ2v) is 6.81. The summed E-state index contributed by atoms with van der Waals surface area (Å²) in [6.07, 6.45) is 1.72. The number of hydrogen-bond acceptors (Lipinski definition) is 5. The van der Waals surface area contributed by atoms with Gasteiger partial charge < -0.3 is 4.74 Å². The fourth-order valence-electron chi connectivity index (χ4n) is 2.46. The van der Waals surface area contributed by atoms with E-state index < -0.39 is 0 Å². The minimum Gasteiger partial charge on any atom is -0.494 e. The molecule has 0 atom stereocenters. The van der Waals surface area contributed by atoms with Gasteiger partial charge in [-0.25, -0.2) is 4.98 Å². The van der Waals surface area contributed by atoms with Crippen molar-refractivity contribution in [3.05, 3.63) is 65.2 Å². The number of pyridine rings is 1. The summed E-state index contributed by atoms with van der Waals surface area (Å²) in [7, 11) is 0. The predicted molar refractivity (Wildman–Crippen MR) is 104 cm³/mol. The maximum Gasteiger partial charge on any atom is 0.283 e. The molecule has 0 saturated carbocycles. The van der Waals surface area contributed by atoms with Crippen molar-refractivity contribution in [1.82, 2.24) is 9.55 Å². The lowest BCUT2D eigenvalue weighted by molar-refractivity contribution is 0.0950. The normalized spacial score (nSPS) is 11.8. The van der Waals surface area contributed by atoms with E-state index in [2.05, 4.69) is 9.98 Å². The zero-order valence-corrected chi connectivity index (χ0v) is 15.9. The van der Waals surface area contributed by atoms with E-state index in [4.69, 9.17) is 4.74 Å². The Bertz CT molecular complexity index is 955. The van der Waals surface area contributed by atoms with Crippen molar-refractivity contribution in [2.24, 2.45) is 4.99 Å². The molecule has 5 nitrogen and oxygen atoms in total. The summed E-state index contributed by atoms with van der Waals surface area (Å²) in [5.74, 6) is 0.641. The van der Waals surface area contributed by atoms with Crippen LogP contribution in [0.4, 0.5) is 0 Å². The van der Waals surface area contributed by atoms with E-state index in [0.29, 0.717) is 17.8 Å². The average molecular weight is 367 g/mol. The lowest BCUT2D eigenvalue weighted by atomic mass is 10.2. The topological polar surface area (TPSA) is 56.5 Å². The van der Waals surface area contributed by atoms with Gasteiger partial charge >= 0.3 is 0 Å². The number of carbonyl (C=O) groups is 1. The third-order valence-corrected chi connectivity index (χ3v) is 4.47. The Kier molecular flexibility index (Phi) is 5.63. The van der Waals surface area contributed by atoms with Crippen molar-refractivity contribution in [2.45, 2.75) is 26.8 Å². The summed E-state index contributed by atoms with van der Waals surface area (Å²) in [6.45, 7) is 6.55. The van der Waals surface area contributed by atoms with Crippen LogP contribution >= 0.6 is 11.3 Å². The summed E-state index contributed by atoms with van der Waals surface area (Å²) < 4.78 is 7.00. The van der Waals surface area contributed by atoms with E-state index in [1.807, 2.05) is 63.2 Å². The number of carbonyl (C=O) groups excluding carboxylic acids is 1. The van der Waals surface area contributed by atoms with E-state index in [9.17, 15) is 4.79 Å². The van der Waals surface area contributed by atoms with E-state index in [0.717, 1.165) is 16.3 Å². The molecule has 0 amide bonds. The Morgan fingerprint density at radius 2 is 2.00 bits per heavy atom. The maximum atomic E-state index is 12.9. The van der Waals surface area contributed by atoms with Crippen LogP contribution in [0, 0.1) is 0 Å². The van der Waals surface area contributed by atoms with Crippen LogP contribution < -0.4 is 10.2 Å². The van der Waals surface area contributed by atoms with Crippen LogP contribution in [0.2, 0.25) is 0 Å². The second-order valence-electron chi connectivity index (χ2n) is 5.95. The SMILES string of the molecule is CCOc1ccc(-c2nc(C(=O)n3ccccc3=NC(C)C)cs2)cc1. The first-order valence-electron chi connectivity index (χ1n) is 8.53. The van der Waals surface area contributed by atoms with E-state index in [1.165, 1.54) is 15.9 Å². The van der Waals surface area contributed by atoms with Crippen LogP contribution in [0.25, 0.3) is 10.6 Å². The van der Waals surface area contributed by atoms with Crippen LogP contribution in [0.15, 0.2) is 59.0 Å². The molecule has 0 aliphatic carbocycles. The molecule has 2 heterocycles. The molecule has 0 radical (unpaired) electrons. The summed E-state index contributed by atoms with van der Waals surface area (Å²) in [4.78, 5) is 21.9. The lowest BCUT2D eigenvalue weighted by Crippen LogP contribution is -2.28. The first kappa shape index (κ1) is 18.1. The molecular weight excluding hydrogens is 346 g/mol. The van der Waals surface area contributed by atoms with Gasteiger partial charge in [0.2, 0.25) is 0 Å². The van der Waals surface area contributed by atoms with Crippen LogP contribution in [-0.4, -0.2) is 28.1 Å². The number of nitrogens with zero attached hydrogens (tertiary/aromatic N) is 3. The maximum absolute atomic E-state index is 12.9. The molecule has 3 rings (SSSR count). The number of benzene rings is 1. The second kappa shape index (κ2) is 8.10. The van der Waals surface area contributed by atoms with Gasteiger partial charge in [-0.1, -0.05) is 6.07 Å². The molecule has 6 heteroatoms. The molecule has 2 aromatic heterocycles. The quantitative estimate of drug-likeness (QED) is 0.685. The largest absolute Gasteiger partial charge is 0.494 e. The molecule has 0 N–H and O–H groups in total. The minimum atomic E-state index is -0.182. The van der Waals surface area contributed by atoms with Gasteiger partial charge in [-0.05, 0) is 57.2 Å². The molecule has 3 aromatic rings. The van der Waals surface area contributed by atoms with Gasteiger partial charge in [0.25, 0.3) is 5.91 Å². The first-order chi connectivity index (χ1) is 12.6. The Morgan fingerprint density at radius 1 is 1.23 bits per heavy atom. The van der Waals surface area contributed by atoms with E-state index >= 15 is 0 Å². The van der Waals surface area contributed by atoms with Crippen molar-refractivity contribution < 1.29 is 9.53 Å². The minimum absolute atomic E-state index is 0.103. The Morgan fingerprint density at radius 3 is 2.69 bits per heavy atom. The molecule has 0 aliphatic heterocycles. The molecule has 0 aliphatic rings. The van der Waals surface area contributed by atoms with Gasteiger partial charge in [-0.15, -0.1) is 11.3 Å². The van der Waals surface area contributed by atoms with Crippen molar-refractivity contribution in [2.75, 3.05) is 6.61 Å². The molecular formula is C20H21N3O2S. The van der Waals surface area contributed by atoms with Crippen LogP contribution in [0.3, 0.4) is 0 Å². The van der Waals surface area contributed by atoms with Gasteiger partial charge in [-0.2, -0.15) is 0 Å². The monoisotopic (exact) mass is 367 g/mol. The van der Waals surface area contributed by atoms with E-state index in [-0.39, 0.29) is 11.9 Å². The summed E-state index contributed by atoms with van der Waals surface area (Å²) in [6, 6.07) is 13.3. The van der Waals surface area contributed by atoms with Crippen LogP contribution in [-0.2, 0) is 0 Å². The number of thiazole rings is 1. The standard InChI is InChI=1S/C20H21N3O2S/c1-4-25-16-10-8-15(9-11-16)19-22-17(13-26-19)20(24)23-12-6-5-7-18(23)21-14(2)3/h5-14H,4H2,1-3H3. The average Bonchev–Trinajstić information content (AvgIpc) is 3.12. The summed E-state index contributed by atoms with van der Waals surface area (Å²) in [5, 5.41) is 2.59. The fourth-order valence-corrected chi connectivity index (χ4v) is 3.26. The van der Waals surface area contributed by atoms with Crippen molar-refractivity contribution in [3.8, 4) is 16.3 Å². The fraction of sp³-hybridized carbons (Fsp3) is 0.250. The van der Waals surface area contributed by atoms with Gasteiger partial charge in [-0.3, -0.25) is 14.4 Å². The Balaban J connectivity index is 1.90. The summed E-state index contributed by atoms with van der Waals surface area (Å²) in [5.41, 5.74) is 2.00. The molecule has 26 heavy (non-hydrogen) atoms. The molecule has 134 valence electrons. The van der Waals surface area contributed by atoms with Gasteiger partial charge in [0.05, 0.1) is 6.61 Å². The van der Waals surface area contributed by atoms with Gasteiger partial charge in [0, 0.05) is 23.2 Å². The predicted octanol–water partition coefficient (Wildman–Crippen LogP) is 4.01. The molecule has 0 unspecified atom stereocenters. The third-order valence-electron chi connectivity index (χ3n) is 3.58. The number of ether oxygens (including phenoxy) is 1. The first-order valence-corrected chi connectivity index (χ1v) is 9.41. The zero-order valence-electron chi connectivity index (χ0n) is 15.0. The Labute approximate surface area is 156 Å². The van der Waals surface area contributed by atoms with Gasteiger partial charge in [0.1, 0.15) is 21.9 Å². The molecule has 1 aromatic carbocycles. The highest BCUT2D eigenvalue weighted by atomic mass is 32.1. The van der Waals surface area contributed by atoms with Crippen molar-refractivity contribution in [1.29, 1.82) is 0 Å². The molecule has 0 spiro atoms. The molecule has 0 saturated heterocycles. The number of hydrogen-bond donors (Lipinski definition) is 0. The molecule has 0 bridgehead atoms. The third kappa shape index (κ3) is 4.08. The number of aromatic nitrogens is 2. The highest BCUT2D eigenvalue weighted by Crippen LogP contribution is 2.26. The van der Waals surface area contributed by atoms with Crippen LogP contribution in [0.1, 0.15) is 31.3 Å². The molecule has 0 fully saturated rings. The number of rotatable bonds is 5. The van der Waals surface area contributed by atoms with E-state index in [1.54, 1.807) is 11.6 Å². The Hall–Kier alpha value is -2.73. The van der Waals surface area contributed by atoms with Crippen molar-refractivity contribution in [3.63, 3.8) is 0 Å².